The lowest BCUT2D eigenvalue weighted by Crippen LogP contribution is -2.67. The molecule has 12 nitrogen and oxygen atoms in total. The fourth-order valence-electron chi connectivity index (χ4n) is 8.08. The predicted molar refractivity (Wildman–Crippen MR) is 202 cm³/mol. The molecule has 7 rings (SSSR count). The molecule has 2 aliphatic heterocycles. The van der Waals surface area contributed by atoms with E-state index in [1.165, 1.54) is 16.3 Å². The van der Waals surface area contributed by atoms with Gasteiger partial charge in [0.25, 0.3) is 5.91 Å². The second-order valence-electron chi connectivity index (χ2n) is 15.5. The van der Waals surface area contributed by atoms with Gasteiger partial charge in [-0.25, -0.2) is 9.78 Å². The smallest absolute Gasteiger partial charge is 0.355 e. The van der Waals surface area contributed by atoms with Crippen molar-refractivity contribution in [2.24, 2.45) is 11.3 Å². The highest BCUT2D eigenvalue weighted by molar-refractivity contribution is 7.10. The number of carbonyl (C=O) groups is 3. The summed E-state index contributed by atoms with van der Waals surface area (Å²) in [4.78, 5) is 51.0. The highest BCUT2D eigenvalue weighted by Crippen LogP contribution is 2.42. The largest absolute Gasteiger partial charge is 0.462 e. The van der Waals surface area contributed by atoms with Gasteiger partial charge < -0.3 is 24.5 Å². The van der Waals surface area contributed by atoms with E-state index in [4.69, 9.17) is 19.4 Å². The molecule has 0 radical (unpaired) electrons. The molecule has 6 bridgehead atoms. The summed E-state index contributed by atoms with van der Waals surface area (Å²) in [6.07, 6.45) is 6.23. The van der Waals surface area contributed by atoms with Gasteiger partial charge in [0.2, 0.25) is 11.6 Å². The van der Waals surface area contributed by atoms with Crippen molar-refractivity contribution >= 4 is 40.0 Å². The van der Waals surface area contributed by atoms with Crippen LogP contribution in [0, 0.1) is 11.3 Å². The lowest BCUT2D eigenvalue weighted by Gasteiger charge is -2.40. The van der Waals surface area contributed by atoms with Crippen molar-refractivity contribution in [1.29, 1.82) is 0 Å². The molecule has 13 heteroatoms. The molecule has 3 N–H and O–H groups in total. The molecule has 5 heterocycles. The van der Waals surface area contributed by atoms with Crippen LogP contribution in [0.25, 0.3) is 33.4 Å². The Morgan fingerprint density at radius 3 is 2.75 bits per heavy atom. The number of nitrogens with zero attached hydrogens (tertiary/aromatic N) is 4. The molecule has 3 aromatic heterocycles. The number of esters is 1. The maximum Gasteiger partial charge on any atom is 0.355 e. The van der Waals surface area contributed by atoms with Crippen molar-refractivity contribution in [2.45, 2.75) is 103 Å². The van der Waals surface area contributed by atoms with Crippen LogP contribution in [0.2, 0.25) is 0 Å². The number of rotatable bonds is 6. The molecular weight excluding hydrogens is 693 g/mol. The number of ether oxygens (including phenoxy) is 2. The van der Waals surface area contributed by atoms with Crippen molar-refractivity contribution in [1.82, 2.24) is 30.3 Å². The predicted octanol–water partition coefficient (Wildman–Crippen LogP) is 5.71. The quantitative estimate of drug-likeness (QED) is 0.211. The van der Waals surface area contributed by atoms with Gasteiger partial charge in [-0.2, -0.15) is 5.43 Å². The van der Waals surface area contributed by atoms with E-state index in [9.17, 15) is 19.5 Å². The lowest BCUT2D eigenvalue weighted by molar-refractivity contribution is -0.189. The van der Waals surface area contributed by atoms with Crippen LogP contribution in [0.15, 0.2) is 41.9 Å². The SMILES string of the molecule is CCn1c(-c2cccnc2[C@H](C)OC)c2c3cc(ccc31)-c1csc(n1)C[C@H](NC(=O)C1CCCC1)C(=O)N1CCC[C@@](O)(N1)C(=O)OCC(C)(C)C2. The van der Waals surface area contributed by atoms with Gasteiger partial charge in [0.05, 0.1) is 34.8 Å². The summed E-state index contributed by atoms with van der Waals surface area (Å²) < 4.78 is 14.0. The molecule has 4 aromatic rings. The Morgan fingerprint density at radius 2 is 2.00 bits per heavy atom. The van der Waals surface area contributed by atoms with E-state index < -0.39 is 29.1 Å². The minimum Gasteiger partial charge on any atom is -0.462 e. The van der Waals surface area contributed by atoms with E-state index in [1.54, 1.807) is 13.3 Å². The Balaban J connectivity index is 1.36. The minimum atomic E-state index is -2.11. The van der Waals surface area contributed by atoms with Gasteiger partial charge >= 0.3 is 5.97 Å². The maximum absolute atomic E-state index is 14.1. The molecule has 0 spiro atoms. The third kappa shape index (κ3) is 7.36. The first-order valence-electron chi connectivity index (χ1n) is 18.8. The third-order valence-electron chi connectivity index (χ3n) is 11.0. The first-order valence-corrected chi connectivity index (χ1v) is 19.7. The summed E-state index contributed by atoms with van der Waals surface area (Å²) in [6.45, 7) is 9.19. The van der Waals surface area contributed by atoms with E-state index in [0.29, 0.717) is 24.4 Å². The molecule has 1 saturated carbocycles. The van der Waals surface area contributed by atoms with Crippen LogP contribution in [-0.2, 0) is 43.2 Å². The zero-order valence-electron chi connectivity index (χ0n) is 31.2. The number of hydrazine groups is 1. The van der Waals surface area contributed by atoms with Gasteiger partial charge in [-0.3, -0.25) is 19.6 Å². The van der Waals surface area contributed by atoms with Gasteiger partial charge in [-0.1, -0.05) is 32.8 Å². The van der Waals surface area contributed by atoms with Crippen LogP contribution in [0.3, 0.4) is 0 Å². The van der Waals surface area contributed by atoms with Gasteiger partial charge in [-0.15, -0.1) is 11.3 Å². The van der Waals surface area contributed by atoms with Crippen LogP contribution in [0.4, 0.5) is 0 Å². The van der Waals surface area contributed by atoms with Crippen LogP contribution >= 0.6 is 11.3 Å². The van der Waals surface area contributed by atoms with Gasteiger partial charge in [0.15, 0.2) is 0 Å². The second kappa shape index (κ2) is 14.9. The molecule has 3 atom stereocenters. The van der Waals surface area contributed by atoms with Crippen molar-refractivity contribution in [3.05, 3.63) is 58.2 Å². The molecule has 1 aromatic carbocycles. The number of benzene rings is 1. The van der Waals surface area contributed by atoms with Gasteiger partial charge in [0.1, 0.15) is 6.04 Å². The van der Waals surface area contributed by atoms with Gasteiger partial charge in [0, 0.05) is 78.0 Å². The topological polar surface area (TPSA) is 148 Å². The number of aliphatic hydroxyl groups is 1. The summed E-state index contributed by atoms with van der Waals surface area (Å²) in [6, 6.07) is 9.47. The number of thiazole rings is 1. The van der Waals surface area contributed by atoms with Crippen molar-refractivity contribution in [3.8, 4) is 22.5 Å². The van der Waals surface area contributed by atoms with E-state index >= 15 is 0 Å². The van der Waals surface area contributed by atoms with Crippen molar-refractivity contribution in [2.75, 3.05) is 20.3 Å². The Labute approximate surface area is 314 Å². The summed E-state index contributed by atoms with van der Waals surface area (Å²) in [5.74, 6) is -1.58. The number of nitrogens with one attached hydrogen (secondary N) is 2. The van der Waals surface area contributed by atoms with E-state index in [1.807, 2.05) is 32.2 Å². The van der Waals surface area contributed by atoms with E-state index in [0.717, 1.165) is 70.4 Å². The zero-order valence-corrected chi connectivity index (χ0v) is 32.1. The second-order valence-corrected chi connectivity index (χ2v) is 16.4. The zero-order chi connectivity index (χ0) is 37.5. The third-order valence-corrected chi connectivity index (χ3v) is 11.8. The van der Waals surface area contributed by atoms with Crippen molar-refractivity contribution in [3.63, 3.8) is 0 Å². The summed E-state index contributed by atoms with van der Waals surface area (Å²) in [5, 5.41) is 19.6. The highest BCUT2D eigenvalue weighted by Gasteiger charge is 2.45. The summed E-state index contributed by atoms with van der Waals surface area (Å²) >= 11 is 1.44. The molecule has 1 saturated heterocycles. The Bertz CT molecular complexity index is 2020. The number of cyclic esters (lactones) is 1. The number of pyridine rings is 1. The molecule has 53 heavy (non-hydrogen) atoms. The number of aryl methyl sites for hydroxylation is 1. The van der Waals surface area contributed by atoms with Crippen LogP contribution in [0.5, 0.6) is 0 Å². The Morgan fingerprint density at radius 1 is 1.21 bits per heavy atom. The van der Waals surface area contributed by atoms with Crippen LogP contribution in [0.1, 0.15) is 88.6 Å². The molecule has 2 fully saturated rings. The Hall–Kier alpha value is -4.17. The lowest BCUT2D eigenvalue weighted by atomic mass is 9.84. The number of carbonyl (C=O) groups excluding carboxylic acids is 3. The van der Waals surface area contributed by atoms with E-state index in [2.05, 4.69) is 46.5 Å². The van der Waals surface area contributed by atoms with Crippen LogP contribution in [-0.4, -0.2) is 74.5 Å². The first kappa shape index (κ1) is 37.2. The van der Waals surface area contributed by atoms with Crippen molar-refractivity contribution < 1.29 is 29.0 Å². The molecule has 0 unspecified atom stereocenters. The number of hydrogen-bond acceptors (Lipinski definition) is 10. The average Bonchev–Trinajstić information content (AvgIpc) is 3.93. The summed E-state index contributed by atoms with van der Waals surface area (Å²) in [7, 11) is 1.68. The molecule has 3 aliphatic rings. The molecule has 1 aliphatic carbocycles. The molecule has 282 valence electrons. The van der Waals surface area contributed by atoms with Gasteiger partial charge in [-0.05, 0) is 69.4 Å². The fourth-order valence-corrected chi connectivity index (χ4v) is 8.93. The number of methoxy groups -OCH3 is 1. The fraction of sp³-hybridized carbons (Fsp3) is 0.525. The number of hydrogen-bond donors (Lipinski definition) is 3. The normalized spacial score (nSPS) is 23.1. The highest BCUT2D eigenvalue weighted by atomic mass is 32.1. The number of amides is 2. The Kier molecular flexibility index (Phi) is 10.5. The van der Waals surface area contributed by atoms with E-state index in [-0.39, 0.29) is 43.9 Å². The standard InChI is InChI=1S/C40H50N6O6S/c1-6-45-32-15-14-26-19-28(32)29(35(45)27-13-9-17-41-34(27)24(2)51-5)21-39(3,4)23-52-38(49)40(50)16-10-18-46(44-40)37(48)30(20-33-42-31(26)22-53-33)43-36(47)25-11-7-8-12-25/h9,13-15,17,19,22,24-25,30,44,50H,6-8,10-12,16,18,20-21,23H2,1-5H3,(H,43,47)/t24-,30-,40-/m0/s1. The minimum absolute atomic E-state index is 0.0194. The maximum atomic E-state index is 14.1. The number of aromatic nitrogens is 3. The molecule has 2 amide bonds. The van der Waals surface area contributed by atoms with Crippen LogP contribution < -0.4 is 10.7 Å². The summed E-state index contributed by atoms with van der Waals surface area (Å²) in [5.41, 5.74) is 6.80. The first-order chi connectivity index (χ1) is 25.4. The average molecular weight is 743 g/mol. The molecular formula is C40H50N6O6S. The number of fused-ring (bicyclic) bond motifs is 6. The monoisotopic (exact) mass is 742 g/mol.